The first kappa shape index (κ1) is 12.3. The third kappa shape index (κ3) is 2.66. The van der Waals surface area contributed by atoms with E-state index in [1.807, 2.05) is 25.2 Å². The number of hydrogen-bond donors (Lipinski definition) is 1. The molecule has 3 rings (SSSR count). The average Bonchev–Trinajstić information content (AvgIpc) is 2.85. The molecule has 5 nitrogen and oxygen atoms in total. The van der Waals surface area contributed by atoms with Crippen LogP contribution in [0.4, 0.5) is 5.69 Å². The second-order valence-electron chi connectivity index (χ2n) is 5.10. The molecule has 0 radical (unpaired) electrons. The van der Waals surface area contributed by atoms with E-state index in [4.69, 9.17) is 9.47 Å². The molecular formula is C14H18N2O3. The first-order valence-electron chi connectivity index (χ1n) is 6.61. The molecule has 0 aliphatic carbocycles. The maximum atomic E-state index is 12.1. The molecule has 1 N–H and O–H groups in total. The molecule has 1 saturated heterocycles. The number of nitrogens with one attached hydrogen (secondary N) is 1. The smallest absolute Gasteiger partial charge is 0.228 e. The van der Waals surface area contributed by atoms with Crippen LogP contribution in [0.3, 0.4) is 0 Å². The standard InChI is InChI=1S/C14H18N2O3/c1-16-5-4-10(9-16)14(17)15-11-2-3-12-13(8-11)19-7-6-18-12/h2-3,8,10H,4-7,9H2,1H3,(H,15,17). The minimum absolute atomic E-state index is 0.0817. The van der Waals surface area contributed by atoms with Crippen LogP contribution in [-0.2, 0) is 4.79 Å². The number of carbonyl (C=O) groups excluding carboxylic acids is 1. The van der Waals surface area contributed by atoms with E-state index < -0.39 is 0 Å². The summed E-state index contributed by atoms with van der Waals surface area (Å²) in [5.41, 5.74) is 0.767. The molecule has 0 bridgehead atoms. The number of benzene rings is 1. The summed E-state index contributed by atoms with van der Waals surface area (Å²) >= 11 is 0. The summed E-state index contributed by atoms with van der Waals surface area (Å²) in [4.78, 5) is 14.3. The minimum atomic E-state index is 0.0817. The average molecular weight is 262 g/mol. The first-order chi connectivity index (χ1) is 9.22. The molecule has 1 amide bonds. The number of ether oxygens (including phenoxy) is 2. The molecule has 1 fully saturated rings. The summed E-state index contributed by atoms with van der Waals surface area (Å²) < 4.78 is 11.0. The number of amides is 1. The molecule has 1 unspecified atom stereocenters. The van der Waals surface area contributed by atoms with E-state index in [1.54, 1.807) is 0 Å². The van der Waals surface area contributed by atoms with E-state index in [0.29, 0.717) is 19.0 Å². The third-order valence-corrected chi connectivity index (χ3v) is 3.57. The molecule has 1 atom stereocenters. The van der Waals surface area contributed by atoms with E-state index >= 15 is 0 Å². The maximum Gasteiger partial charge on any atom is 0.228 e. The van der Waals surface area contributed by atoms with Crippen molar-refractivity contribution in [2.45, 2.75) is 6.42 Å². The molecular weight excluding hydrogens is 244 g/mol. The lowest BCUT2D eigenvalue weighted by molar-refractivity contribution is -0.119. The van der Waals surface area contributed by atoms with Gasteiger partial charge in [-0.15, -0.1) is 0 Å². The second kappa shape index (κ2) is 5.09. The van der Waals surface area contributed by atoms with E-state index in [1.165, 1.54) is 0 Å². The molecule has 2 aliphatic heterocycles. The predicted molar refractivity (Wildman–Crippen MR) is 71.7 cm³/mol. The summed E-state index contributed by atoms with van der Waals surface area (Å²) in [5, 5.41) is 2.95. The Hall–Kier alpha value is -1.75. The van der Waals surface area contributed by atoms with Crippen molar-refractivity contribution in [2.24, 2.45) is 5.92 Å². The van der Waals surface area contributed by atoms with Gasteiger partial charge in [0.25, 0.3) is 0 Å². The number of anilines is 1. The van der Waals surface area contributed by atoms with E-state index in [-0.39, 0.29) is 11.8 Å². The summed E-state index contributed by atoms with van der Waals surface area (Å²) in [6.45, 7) is 2.94. The van der Waals surface area contributed by atoms with Gasteiger partial charge in [-0.1, -0.05) is 0 Å². The van der Waals surface area contributed by atoms with Gasteiger partial charge >= 0.3 is 0 Å². The highest BCUT2D eigenvalue weighted by molar-refractivity contribution is 5.93. The van der Waals surface area contributed by atoms with Crippen molar-refractivity contribution in [3.63, 3.8) is 0 Å². The van der Waals surface area contributed by atoms with Crippen LogP contribution in [0.15, 0.2) is 18.2 Å². The van der Waals surface area contributed by atoms with Crippen LogP contribution >= 0.6 is 0 Å². The molecule has 19 heavy (non-hydrogen) atoms. The zero-order valence-electron chi connectivity index (χ0n) is 11.0. The Labute approximate surface area is 112 Å². The summed E-state index contributed by atoms with van der Waals surface area (Å²) in [7, 11) is 2.04. The largest absolute Gasteiger partial charge is 0.486 e. The number of likely N-dealkylation sites (tertiary alicyclic amines) is 1. The molecule has 0 aromatic heterocycles. The van der Waals surface area contributed by atoms with Crippen molar-refractivity contribution in [3.8, 4) is 11.5 Å². The summed E-state index contributed by atoms with van der Waals surface area (Å²) in [6.07, 6.45) is 0.923. The van der Waals surface area contributed by atoms with Crippen LogP contribution in [0.5, 0.6) is 11.5 Å². The van der Waals surface area contributed by atoms with Gasteiger partial charge in [0.05, 0.1) is 5.92 Å². The Balaban J connectivity index is 1.68. The SMILES string of the molecule is CN1CCC(C(=O)Nc2ccc3c(c2)OCCO3)C1. The van der Waals surface area contributed by atoms with Gasteiger partial charge in [-0.05, 0) is 32.1 Å². The maximum absolute atomic E-state index is 12.1. The quantitative estimate of drug-likeness (QED) is 0.874. The topological polar surface area (TPSA) is 50.8 Å². The van der Waals surface area contributed by atoms with Gasteiger partial charge in [-0.3, -0.25) is 4.79 Å². The molecule has 1 aromatic carbocycles. The van der Waals surface area contributed by atoms with Crippen LogP contribution in [-0.4, -0.2) is 44.2 Å². The predicted octanol–water partition coefficient (Wildman–Crippen LogP) is 1.35. The first-order valence-corrected chi connectivity index (χ1v) is 6.61. The number of carbonyl (C=O) groups is 1. The monoisotopic (exact) mass is 262 g/mol. The molecule has 0 spiro atoms. The van der Waals surface area contributed by atoms with Gasteiger partial charge in [0.2, 0.25) is 5.91 Å². The van der Waals surface area contributed by atoms with Crippen molar-refractivity contribution in [3.05, 3.63) is 18.2 Å². The zero-order valence-corrected chi connectivity index (χ0v) is 11.0. The van der Waals surface area contributed by atoms with Gasteiger partial charge < -0.3 is 19.7 Å². The number of rotatable bonds is 2. The Morgan fingerprint density at radius 3 is 2.84 bits per heavy atom. The Morgan fingerprint density at radius 2 is 2.11 bits per heavy atom. The third-order valence-electron chi connectivity index (χ3n) is 3.57. The summed E-state index contributed by atoms with van der Waals surface area (Å²) in [6, 6.07) is 5.51. The van der Waals surface area contributed by atoms with Gasteiger partial charge in [-0.25, -0.2) is 0 Å². The molecule has 2 aliphatic rings. The highest BCUT2D eigenvalue weighted by Gasteiger charge is 2.26. The summed E-state index contributed by atoms with van der Waals surface area (Å²) in [5.74, 6) is 1.61. The Morgan fingerprint density at radius 1 is 1.32 bits per heavy atom. The highest BCUT2D eigenvalue weighted by atomic mass is 16.6. The van der Waals surface area contributed by atoms with Crippen LogP contribution < -0.4 is 14.8 Å². The fraction of sp³-hybridized carbons (Fsp3) is 0.500. The Bertz CT molecular complexity index is 490. The lowest BCUT2D eigenvalue weighted by Crippen LogP contribution is -2.25. The van der Waals surface area contributed by atoms with Crippen molar-refractivity contribution >= 4 is 11.6 Å². The van der Waals surface area contributed by atoms with Crippen molar-refractivity contribution in [1.82, 2.24) is 4.90 Å². The zero-order chi connectivity index (χ0) is 13.2. The van der Waals surface area contributed by atoms with Crippen LogP contribution in [0, 0.1) is 5.92 Å². The van der Waals surface area contributed by atoms with Crippen LogP contribution in [0.2, 0.25) is 0 Å². The lowest BCUT2D eigenvalue weighted by Gasteiger charge is -2.19. The molecule has 0 saturated carbocycles. The fourth-order valence-electron chi connectivity index (χ4n) is 2.51. The lowest BCUT2D eigenvalue weighted by atomic mass is 10.1. The van der Waals surface area contributed by atoms with Crippen molar-refractivity contribution < 1.29 is 14.3 Å². The van der Waals surface area contributed by atoms with Gasteiger partial charge in [-0.2, -0.15) is 0 Å². The van der Waals surface area contributed by atoms with Gasteiger partial charge in [0.1, 0.15) is 13.2 Å². The van der Waals surface area contributed by atoms with E-state index in [0.717, 1.165) is 30.9 Å². The molecule has 1 aromatic rings. The van der Waals surface area contributed by atoms with Crippen molar-refractivity contribution in [1.29, 1.82) is 0 Å². The normalized spacial score (nSPS) is 22.3. The van der Waals surface area contributed by atoms with Gasteiger partial charge in [0.15, 0.2) is 11.5 Å². The van der Waals surface area contributed by atoms with Crippen LogP contribution in [0.25, 0.3) is 0 Å². The molecule has 2 heterocycles. The number of hydrogen-bond acceptors (Lipinski definition) is 4. The molecule has 5 heteroatoms. The van der Waals surface area contributed by atoms with E-state index in [2.05, 4.69) is 10.2 Å². The highest BCUT2D eigenvalue weighted by Crippen LogP contribution is 2.32. The Kier molecular flexibility index (Phi) is 3.29. The van der Waals surface area contributed by atoms with Crippen LogP contribution in [0.1, 0.15) is 6.42 Å². The van der Waals surface area contributed by atoms with Crippen molar-refractivity contribution in [2.75, 3.05) is 38.7 Å². The van der Waals surface area contributed by atoms with E-state index in [9.17, 15) is 4.79 Å². The fourth-order valence-corrected chi connectivity index (χ4v) is 2.51. The number of fused-ring (bicyclic) bond motifs is 1. The second-order valence-corrected chi connectivity index (χ2v) is 5.10. The number of nitrogens with zero attached hydrogens (tertiary/aromatic N) is 1. The minimum Gasteiger partial charge on any atom is -0.486 e. The molecule has 102 valence electrons. The van der Waals surface area contributed by atoms with Gasteiger partial charge in [0, 0.05) is 18.3 Å².